The molecule has 3 N–H and O–H groups in total. The van der Waals surface area contributed by atoms with E-state index in [1.54, 1.807) is 30.6 Å². The molecule has 0 atom stereocenters. The van der Waals surface area contributed by atoms with Crippen LogP contribution in [0.2, 0.25) is 0 Å². The van der Waals surface area contributed by atoms with Crippen LogP contribution in [0, 0.1) is 0 Å². The number of aromatic carboxylic acids is 1. The molecule has 0 amide bonds. The predicted molar refractivity (Wildman–Crippen MR) is 79.3 cm³/mol. The van der Waals surface area contributed by atoms with Gasteiger partial charge in [-0.25, -0.2) is 4.79 Å². The molecule has 22 heavy (non-hydrogen) atoms. The lowest BCUT2D eigenvalue weighted by molar-refractivity contribution is 0.0698. The molecule has 3 rings (SSSR count). The lowest BCUT2D eigenvalue weighted by Gasteiger charge is -2.11. The Morgan fingerprint density at radius 1 is 1.14 bits per heavy atom. The van der Waals surface area contributed by atoms with Gasteiger partial charge in [-0.3, -0.25) is 20.0 Å². The number of hydrogen-bond donors (Lipinski definition) is 3. The van der Waals surface area contributed by atoms with Crippen LogP contribution in [-0.4, -0.2) is 20.7 Å². The Morgan fingerprint density at radius 2 is 1.91 bits per heavy atom. The molecule has 0 radical (unpaired) electrons. The summed E-state index contributed by atoms with van der Waals surface area (Å²) in [4.78, 5) is 37.2. The first kappa shape index (κ1) is 13.6. The van der Waals surface area contributed by atoms with Crippen molar-refractivity contribution in [3.63, 3.8) is 0 Å². The Labute approximate surface area is 123 Å². The van der Waals surface area contributed by atoms with E-state index in [1.165, 1.54) is 12.1 Å². The van der Waals surface area contributed by atoms with E-state index in [9.17, 15) is 14.4 Å². The summed E-state index contributed by atoms with van der Waals surface area (Å²) >= 11 is 0. The maximum atomic E-state index is 11.2. The van der Waals surface area contributed by atoms with Crippen molar-refractivity contribution in [2.45, 2.75) is 0 Å². The van der Waals surface area contributed by atoms with Crippen molar-refractivity contribution >= 4 is 23.0 Å². The lowest BCUT2D eigenvalue weighted by atomic mass is 10.1. The Morgan fingerprint density at radius 3 is 2.50 bits per heavy atom. The monoisotopic (exact) mass is 298 g/mol. The van der Waals surface area contributed by atoms with Gasteiger partial charge in [0.05, 0.1) is 23.1 Å². The van der Waals surface area contributed by atoms with Crippen LogP contribution >= 0.6 is 0 Å². The zero-order valence-electron chi connectivity index (χ0n) is 11.1. The lowest BCUT2D eigenvalue weighted by Crippen LogP contribution is -2.12. The van der Waals surface area contributed by atoms with E-state index in [-0.39, 0.29) is 11.3 Å². The molecule has 0 saturated heterocycles. The highest BCUT2D eigenvalue weighted by Gasteiger charge is 2.19. The van der Waals surface area contributed by atoms with Gasteiger partial charge in [-0.1, -0.05) is 0 Å². The minimum absolute atomic E-state index is 0.0516. The summed E-state index contributed by atoms with van der Waals surface area (Å²) in [7, 11) is 0. The number of benzene rings is 1. The number of nitrogens with one attached hydrogen (secondary N) is 2. The molecule has 0 fully saturated rings. The van der Waals surface area contributed by atoms with Crippen LogP contribution in [0.5, 0.6) is 0 Å². The molecule has 8 heteroatoms. The van der Waals surface area contributed by atoms with Gasteiger partial charge >= 0.3 is 17.1 Å². The third kappa shape index (κ3) is 2.57. The van der Waals surface area contributed by atoms with Crippen molar-refractivity contribution in [3.05, 3.63) is 69.0 Å². The van der Waals surface area contributed by atoms with Crippen LogP contribution in [0.3, 0.4) is 0 Å². The number of carboxylic acid groups (broad SMARTS) is 1. The Bertz CT molecular complexity index is 884. The van der Waals surface area contributed by atoms with Crippen LogP contribution in [-0.2, 0) is 0 Å². The van der Waals surface area contributed by atoms with Gasteiger partial charge in [0.2, 0.25) is 0 Å². The second-order valence-corrected chi connectivity index (χ2v) is 4.49. The second-order valence-electron chi connectivity index (χ2n) is 4.49. The van der Waals surface area contributed by atoms with Gasteiger partial charge in [-0.15, -0.1) is 0 Å². The maximum absolute atomic E-state index is 11.2. The van der Waals surface area contributed by atoms with Crippen molar-refractivity contribution in [2.75, 3.05) is 10.7 Å². The Kier molecular flexibility index (Phi) is 3.18. The van der Waals surface area contributed by atoms with Crippen LogP contribution in [0.15, 0.2) is 52.3 Å². The number of hydrogen-bond acceptors (Lipinski definition) is 6. The number of anilines is 3. The standard InChI is InChI=1S/C14H10N4O4/c19-12-13(20)18(12)17-11-6-8(3-4-10(11)14(21)22)16-9-2-1-5-15-7-9/h1-7,16-17H,(H,21,22). The van der Waals surface area contributed by atoms with Gasteiger partial charge in [-0.2, -0.15) is 4.68 Å². The second kappa shape index (κ2) is 5.17. The minimum Gasteiger partial charge on any atom is -0.478 e. The number of nitrogens with zero attached hydrogens (tertiary/aromatic N) is 2. The summed E-state index contributed by atoms with van der Waals surface area (Å²) in [6.45, 7) is 0. The topological polar surface area (TPSA) is 113 Å². The smallest absolute Gasteiger partial charge is 0.340 e. The molecule has 3 aromatic rings. The zero-order chi connectivity index (χ0) is 15.7. The third-order valence-corrected chi connectivity index (χ3v) is 2.97. The quantitative estimate of drug-likeness (QED) is 0.597. The fourth-order valence-electron chi connectivity index (χ4n) is 1.86. The average Bonchev–Trinajstić information content (AvgIpc) is 3.06. The van der Waals surface area contributed by atoms with Crippen LogP contribution in [0.4, 0.5) is 17.1 Å². The van der Waals surface area contributed by atoms with E-state index in [2.05, 4.69) is 15.7 Å². The molecule has 8 nitrogen and oxygen atoms in total. The molecule has 0 aliphatic heterocycles. The summed E-state index contributed by atoms with van der Waals surface area (Å²) in [6.07, 6.45) is 3.24. The molecule has 0 saturated carbocycles. The predicted octanol–water partition coefficient (Wildman–Crippen LogP) is 0.796. The van der Waals surface area contributed by atoms with E-state index in [0.717, 1.165) is 10.4 Å². The summed E-state index contributed by atoms with van der Waals surface area (Å²) < 4.78 is 0.746. The van der Waals surface area contributed by atoms with Crippen molar-refractivity contribution in [1.82, 2.24) is 9.66 Å². The molecular formula is C14H10N4O4. The van der Waals surface area contributed by atoms with Crippen molar-refractivity contribution in [2.24, 2.45) is 0 Å². The minimum atomic E-state index is -1.17. The van der Waals surface area contributed by atoms with E-state index in [1.807, 2.05) is 0 Å². The zero-order valence-corrected chi connectivity index (χ0v) is 11.1. The summed E-state index contributed by atoms with van der Waals surface area (Å²) in [6, 6.07) is 7.99. The highest BCUT2D eigenvalue weighted by molar-refractivity contribution is 5.95. The first-order valence-corrected chi connectivity index (χ1v) is 6.26. The fraction of sp³-hybridized carbons (Fsp3) is 0. The van der Waals surface area contributed by atoms with E-state index in [4.69, 9.17) is 5.11 Å². The number of carbonyl (C=O) groups is 1. The number of rotatable bonds is 5. The number of pyridine rings is 1. The summed E-state index contributed by atoms with van der Waals surface area (Å²) in [5.41, 5.74) is 2.47. The van der Waals surface area contributed by atoms with Crippen molar-refractivity contribution < 1.29 is 9.90 Å². The molecule has 2 heterocycles. The average molecular weight is 298 g/mol. The molecule has 0 unspecified atom stereocenters. The summed E-state index contributed by atoms with van der Waals surface area (Å²) in [5, 5.41) is 12.2. The Balaban J connectivity index is 1.93. The normalized spacial score (nSPS) is 10.5. The molecule has 0 spiro atoms. The molecule has 0 aliphatic carbocycles. The van der Waals surface area contributed by atoms with Gasteiger partial charge in [-0.05, 0) is 30.3 Å². The first-order valence-electron chi connectivity index (χ1n) is 6.26. The van der Waals surface area contributed by atoms with Gasteiger partial charge in [0.1, 0.15) is 0 Å². The highest BCUT2D eigenvalue weighted by atomic mass is 16.4. The molecule has 1 aromatic carbocycles. The molecule has 0 aliphatic rings. The van der Waals surface area contributed by atoms with Crippen LogP contribution in [0.25, 0.3) is 0 Å². The Hall–Kier alpha value is -3.42. The largest absolute Gasteiger partial charge is 0.478 e. The maximum Gasteiger partial charge on any atom is 0.340 e. The molecule has 110 valence electrons. The third-order valence-electron chi connectivity index (χ3n) is 2.97. The van der Waals surface area contributed by atoms with Gasteiger partial charge < -0.3 is 10.4 Å². The molecule has 0 bridgehead atoms. The van der Waals surface area contributed by atoms with E-state index >= 15 is 0 Å². The van der Waals surface area contributed by atoms with Gasteiger partial charge in [0.15, 0.2) is 0 Å². The SMILES string of the molecule is O=C(O)c1ccc(Nc2cccnc2)cc1Nn1c(=O)c1=O. The van der Waals surface area contributed by atoms with E-state index in [0.29, 0.717) is 5.69 Å². The number of aromatic nitrogens is 2. The van der Waals surface area contributed by atoms with Crippen LogP contribution in [0.1, 0.15) is 10.4 Å². The van der Waals surface area contributed by atoms with Crippen molar-refractivity contribution in [1.29, 1.82) is 0 Å². The first-order chi connectivity index (χ1) is 10.6. The van der Waals surface area contributed by atoms with Gasteiger partial charge in [0.25, 0.3) is 0 Å². The molecule has 2 aromatic heterocycles. The fourth-order valence-corrected chi connectivity index (χ4v) is 1.86. The summed E-state index contributed by atoms with van der Waals surface area (Å²) in [5.74, 6) is -1.17. The molecular weight excluding hydrogens is 288 g/mol. The van der Waals surface area contributed by atoms with E-state index < -0.39 is 17.1 Å². The highest BCUT2D eigenvalue weighted by Crippen LogP contribution is 2.23. The van der Waals surface area contributed by atoms with Crippen LogP contribution < -0.4 is 21.9 Å². The number of carboxylic acids is 1. The van der Waals surface area contributed by atoms with Crippen molar-refractivity contribution in [3.8, 4) is 0 Å². The van der Waals surface area contributed by atoms with Gasteiger partial charge in [0, 0.05) is 11.9 Å².